The summed E-state index contributed by atoms with van der Waals surface area (Å²) >= 11 is 3.53. The number of benzene rings is 4. The smallest absolute Gasteiger partial charge is 0.0181 e. The molecule has 110 valence electrons. The fourth-order valence-electron chi connectivity index (χ4n) is 2.88. The van der Waals surface area contributed by atoms with Crippen molar-refractivity contribution in [2.24, 2.45) is 0 Å². The third-order valence-electron chi connectivity index (χ3n) is 4.13. The van der Waals surface area contributed by atoms with E-state index in [1.807, 2.05) is 6.07 Å². The van der Waals surface area contributed by atoms with Crippen LogP contribution in [0.15, 0.2) is 95.5 Å². The molecule has 0 radical (unpaired) electrons. The van der Waals surface area contributed by atoms with Crippen LogP contribution in [0.3, 0.4) is 0 Å². The summed E-state index contributed by atoms with van der Waals surface area (Å²) in [4.78, 5) is 0. The average Bonchev–Trinajstić information content (AvgIpc) is 2.62. The maximum atomic E-state index is 3.53. The molecule has 4 rings (SSSR count). The van der Waals surface area contributed by atoms with Gasteiger partial charge in [-0.25, -0.2) is 0 Å². The van der Waals surface area contributed by atoms with Crippen LogP contribution in [0, 0.1) is 0 Å². The second-order valence-corrected chi connectivity index (χ2v) is 6.57. The molecule has 0 unspecified atom stereocenters. The van der Waals surface area contributed by atoms with E-state index < -0.39 is 0 Å². The molecule has 0 heterocycles. The standard InChI is InChI=1S/C22H15Br/c23-22-13-12-20-14-19(10-11-21(20)15-22)18-8-6-17(7-9-18)16-4-2-1-3-5-16/h1-15H. The molecule has 0 fully saturated rings. The Labute approximate surface area is 144 Å². The van der Waals surface area contributed by atoms with Crippen molar-refractivity contribution in [3.8, 4) is 22.3 Å². The maximum Gasteiger partial charge on any atom is 0.0181 e. The molecule has 0 amide bonds. The van der Waals surface area contributed by atoms with Gasteiger partial charge in [-0.2, -0.15) is 0 Å². The Morgan fingerprint density at radius 3 is 1.70 bits per heavy atom. The number of rotatable bonds is 2. The van der Waals surface area contributed by atoms with Crippen molar-refractivity contribution in [3.05, 3.63) is 95.5 Å². The summed E-state index contributed by atoms with van der Waals surface area (Å²) in [5.74, 6) is 0. The van der Waals surface area contributed by atoms with Crippen molar-refractivity contribution in [1.29, 1.82) is 0 Å². The molecular weight excluding hydrogens is 344 g/mol. The van der Waals surface area contributed by atoms with Crippen LogP contribution in [-0.4, -0.2) is 0 Å². The van der Waals surface area contributed by atoms with E-state index in [1.165, 1.54) is 33.0 Å². The van der Waals surface area contributed by atoms with E-state index in [0.29, 0.717) is 0 Å². The van der Waals surface area contributed by atoms with Gasteiger partial charge in [0.15, 0.2) is 0 Å². The zero-order chi connectivity index (χ0) is 15.6. The van der Waals surface area contributed by atoms with E-state index in [4.69, 9.17) is 0 Å². The van der Waals surface area contributed by atoms with Crippen molar-refractivity contribution < 1.29 is 0 Å². The number of hydrogen-bond acceptors (Lipinski definition) is 0. The zero-order valence-electron chi connectivity index (χ0n) is 12.5. The average molecular weight is 359 g/mol. The summed E-state index contributed by atoms with van der Waals surface area (Å²) < 4.78 is 1.12. The van der Waals surface area contributed by atoms with E-state index >= 15 is 0 Å². The molecule has 4 aromatic rings. The lowest BCUT2D eigenvalue weighted by molar-refractivity contribution is 1.60. The monoisotopic (exact) mass is 358 g/mol. The van der Waals surface area contributed by atoms with Gasteiger partial charge in [0.25, 0.3) is 0 Å². The number of fused-ring (bicyclic) bond motifs is 1. The van der Waals surface area contributed by atoms with Crippen LogP contribution in [0.2, 0.25) is 0 Å². The molecule has 0 nitrogen and oxygen atoms in total. The van der Waals surface area contributed by atoms with Gasteiger partial charge in [-0.15, -0.1) is 0 Å². The lowest BCUT2D eigenvalue weighted by atomic mass is 9.98. The summed E-state index contributed by atoms with van der Waals surface area (Å²) in [5, 5.41) is 2.52. The highest BCUT2D eigenvalue weighted by Crippen LogP contribution is 2.28. The van der Waals surface area contributed by atoms with Crippen molar-refractivity contribution in [3.63, 3.8) is 0 Å². The van der Waals surface area contributed by atoms with Crippen molar-refractivity contribution >= 4 is 26.7 Å². The Kier molecular flexibility index (Phi) is 3.72. The first-order valence-electron chi connectivity index (χ1n) is 7.65. The van der Waals surface area contributed by atoms with Gasteiger partial charge in [0, 0.05) is 4.47 Å². The largest absolute Gasteiger partial charge is 0.0622 e. The molecule has 1 heteroatoms. The predicted molar refractivity (Wildman–Crippen MR) is 103 cm³/mol. The summed E-state index contributed by atoms with van der Waals surface area (Å²) in [6, 6.07) is 32.3. The summed E-state index contributed by atoms with van der Waals surface area (Å²) in [7, 11) is 0. The van der Waals surface area contributed by atoms with Gasteiger partial charge in [0.05, 0.1) is 0 Å². The molecular formula is C22H15Br. The van der Waals surface area contributed by atoms with E-state index in [2.05, 4.69) is 101 Å². The Bertz CT molecular complexity index is 954. The quantitative estimate of drug-likeness (QED) is 0.364. The maximum absolute atomic E-state index is 3.53. The second kappa shape index (κ2) is 6.02. The Morgan fingerprint density at radius 1 is 0.435 bits per heavy atom. The second-order valence-electron chi connectivity index (χ2n) is 5.65. The van der Waals surface area contributed by atoms with Crippen LogP contribution in [0.25, 0.3) is 33.0 Å². The lowest BCUT2D eigenvalue weighted by Gasteiger charge is -2.07. The summed E-state index contributed by atoms with van der Waals surface area (Å²) in [6.45, 7) is 0. The van der Waals surface area contributed by atoms with Gasteiger partial charge in [-0.05, 0) is 51.2 Å². The third kappa shape index (κ3) is 2.93. The van der Waals surface area contributed by atoms with E-state index in [0.717, 1.165) is 4.47 Å². The van der Waals surface area contributed by atoms with E-state index in [9.17, 15) is 0 Å². The molecule has 0 bridgehead atoms. The van der Waals surface area contributed by atoms with E-state index in [-0.39, 0.29) is 0 Å². The van der Waals surface area contributed by atoms with Crippen LogP contribution >= 0.6 is 15.9 Å². The van der Waals surface area contributed by atoms with Crippen molar-refractivity contribution in [1.82, 2.24) is 0 Å². The molecule has 0 aromatic heterocycles. The van der Waals surface area contributed by atoms with Crippen LogP contribution in [0.1, 0.15) is 0 Å². The molecule has 0 saturated carbocycles. The van der Waals surface area contributed by atoms with E-state index in [1.54, 1.807) is 0 Å². The Morgan fingerprint density at radius 2 is 0.957 bits per heavy atom. The fraction of sp³-hybridized carbons (Fsp3) is 0. The van der Waals surface area contributed by atoms with Gasteiger partial charge < -0.3 is 0 Å². The molecule has 0 aliphatic heterocycles. The van der Waals surface area contributed by atoms with Crippen LogP contribution in [-0.2, 0) is 0 Å². The molecule has 0 N–H and O–H groups in total. The first-order valence-corrected chi connectivity index (χ1v) is 8.44. The van der Waals surface area contributed by atoms with Gasteiger partial charge in [-0.1, -0.05) is 88.7 Å². The normalized spacial score (nSPS) is 10.8. The predicted octanol–water partition coefficient (Wildman–Crippen LogP) is 6.94. The molecule has 0 aliphatic carbocycles. The summed E-state index contributed by atoms with van der Waals surface area (Å²) in [6.07, 6.45) is 0. The zero-order valence-corrected chi connectivity index (χ0v) is 14.1. The molecule has 4 aromatic carbocycles. The number of hydrogen-bond donors (Lipinski definition) is 0. The minimum absolute atomic E-state index is 1.12. The molecule has 23 heavy (non-hydrogen) atoms. The number of halogens is 1. The summed E-state index contributed by atoms with van der Waals surface area (Å²) in [5.41, 5.74) is 5.00. The SMILES string of the molecule is Brc1ccc2cc(-c3ccc(-c4ccccc4)cc3)ccc2c1. The topological polar surface area (TPSA) is 0 Å². The van der Waals surface area contributed by atoms with Gasteiger partial charge in [0.2, 0.25) is 0 Å². The molecule has 0 aliphatic rings. The Hall–Kier alpha value is -2.38. The highest BCUT2D eigenvalue weighted by molar-refractivity contribution is 9.10. The molecule has 0 atom stereocenters. The first-order chi connectivity index (χ1) is 11.3. The van der Waals surface area contributed by atoms with Crippen LogP contribution in [0.5, 0.6) is 0 Å². The van der Waals surface area contributed by atoms with Crippen LogP contribution < -0.4 is 0 Å². The highest BCUT2D eigenvalue weighted by Gasteiger charge is 2.02. The fourth-order valence-corrected chi connectivity index (χ4v) is 3.26. The molecule has 0 spiro atoms. The van der Waals surface area contributed by atoms with Gasteiger partial charge in [-0.3, -0.25) is 0 Å². The lowest BCUT2D eigenvalue weighted by Crippen LogP contribution is -1.81. The van der Waals surface area contributed by atoms with Gasteiger partial charge in [0.1, 0.15) is 0 Å². The highest BCUT2D eigenvalue weighted by atomic mass is 79.9. The van der Waals surface area contributed by atoms with Crippen molar-refractivity contribution in [2.75, 3.05) is 0 Å². The van der Waals surface area contributed by atoms with Crippen molar-refractivity contribution in [2.45, 2.75) is 0 Å². The first kappa shape index (κ1) is 14.2. The third-order valence-corrected chi connectivity index (χ3v) is 4.62. The Balaban J connectivity index is 1.72. The van der Waals surface area contributed by atoms with Crippen LogP contribution in [0.4, 0.5) is 0 Å². The minimum atomic E-state index is 1.12. The van der Waals surface area contributed by atoms with Gasteiger partial charge >= 0.3 is 0 Å². The molecule has 0 saturated heterocycles. The minimum Gasteiger partial charge on any atom is -0.0622 e.